The molecule has 2 aromatic rings. The van der Waals surface area contributed by atoms with E-state index in [0.29, 0.717) is 5.56 Å². The molecule has 2 rings (SSSR count). The van der Waals surface area contributed by atoms with Crippen molar-refractivity contribution >= 4 is 27.6 Å². The number of nitrogens with zero attached hydrogens (tertiary/aromatic N) is 1. The van der Waals surface area contributed by atoms with Crippen molar-refractivity contribution in [2.45, 2.75) is 6.42 Å². The van der Waals surface area contributed by atoms with Gasteiger partial charge in [0.1, 0.15) is 0 Å². The minimum Gasteiger partial charge on any atom is -0.478 e. The maximum atomic E-state index is 10.8. The molecule has 0 bridgehead atoms. The van der Waals surface area contributed by atoms with Gasteiger partial charge in [-0.2, -0.15) is 0 Å². The van der Waals surface area contributed by atoms with Crippen molar-refractivity contribution < 1.29 is 9.90 Å². The molecular weight excluding hydrogens is 318 g/mol. The second-order valence-electron chi connectivity index (χ2n) is 4.65. The predicted molar refractivity (Wildman–Crippen MR) is 84.5 cm³/mol. The van der Waals surface area contributed by atoms with Crippen molar-refractivity contribution in [3.8, 4) is 0 Å². The molecule has 0 unspecified atom stereocenters. The van der Waals surface area contributed by atoms with E-state index >= 15 is 0 Å². The maximum Gasteiger partial charge on any atom is 0.335 e. The standard InChI is InChI=1S/C16H16BrNO2/c1-18(11-10-12-2-6-14(17)7-3-12)15-8-4-13(5-9-15)16(19)20/h2-9H,10-11H2,1H3,(H,19,20). The lowest BCUT2D eigenvalue weighted by atomic mass is 10.1. The third-order valence-corrected chi connectivity index (χ3v) is 3.73. The van der Waals surface area contributed by atoms with E-state index in [1.165, 1.54) is 5.56 Å². The Balaban J connectivity index is 1.95. The second kappa shape index (κ2) is 6.57. The fourth-order valence-electron chi connectivity index (χ4n) is 1.94. The molecule has 0 aliphatic carbocycles. The summed E-state index contributed by atoms with van der Waals surface area (Å²) < 4.78 is 1.08. The van der Waals surface area contributed by atoms with Crippen LogP contribution >= 0.6 is 15.9 Å². The molecule has 1 N–H and O–H groups in total. The van der Waals surface area contributed by atoms with Crippen LogP contribution in [0.3, 0.4) is 0 Å². The summed E-state index contributed by atoms with van der Waals surface area (Å²) in [6.45, 7) is 0.883. The van der Waals surface area contributed by atoms with Gasteiger partial charge >= 0.3 is 5.97 Å². The largest absolute Gasteiger partial charge is 0.478 e. The number of halogens is 1. The molecule has 0 amide bonds. The summed E-state index contributed by atoms with van der Waals surface area (Å²) in [5.74, 6) is -0.894. The Morgan fingerprint density at radius 1 is 1.10 bits per heavy atom. The Kier molecular flexibility index (Phi) is 4.79. The van der Waals surface area contributed by atoms with Crippen molar-refractivity contribution in [2.75, 3.05) is 18.5 Å². The topological polar surface area (TPSA) is 40.5 Å². The molecule has 0 aliphatic heterocycles. The number of benzene rings is 2. The van der Waals surface area contributed by atoms with Gasteiger partial charge in [0, 0.05) is 23.8 Å². The first-order chi connectivity index (χ1) is 9.56. The monoisotopic (exact) mass is 333 g/mol. The highest BCUT2D eigenvalue weighted by Gasteiger charge is 2.05. The summed E-state index contributed by atoms with van der Waals surface area (Å²) in [5, 5.41) is 8.87. The lowest BCUT2D eigenvalue weighted by molar-refractivity contribution is 0.0697. The van der Waals surface area contributed by atoms with Crippen LogP contribution in [0.1, 0.15) is 15.9 Å². The van der Waals surface area contributed by atoms with Crippen LogP contribution in [0.25, 0.3) is 0 Å². The zero-order valence-electron chi connectivity index (χ0n) is 11.2. The molecule has 104 valence electrons. The number of carboxylic acids is 1. The summed E-state index contributed by atoms with van der Waals surface area (Å²) in [6, 6.07) is 15.2. The minimum atomic E-state index is -0.894. The quantitative estimate of drug-likeness (QED) is 0.904. The van der Waals surface area contributed by atoms with Crippen molar-refractivity contribution in [1.29, 1.82) is 0 Å². The van der Waals surface area contributed by atoms with E-state index in [4.69, 9.17) is 5.11 Å². The van der Waals surface area contributed by atoms with E-state index in [1.54, 1.807) is 12.1 Å². The lowest BCUT2D eigenvalue weighted by Crippen LogP contribution is -2.20. The molecule has 0 radical (unpaired) electrons. The minimum absolute atomic E-state index is 0.315. The first kappa shape index (κ1) is 14.6. The molecule has 3 nitrogen and oxygen atoms in total. The summed E-state index contributed by atoms with van der Waals surface area (Å²) in [4.78, 5) is 12.9. The van der Waals surface area contributed by atoms with Gasteiger partial charge in [0.05, 0.1) is 5.56 Å². The Hall–Kier alpha value is -1.81. The van der Waals surface area contributed by atoms with E-state index in [1.807, 2.05) is 31.3 Å². The van der Waals surface area contributed by atoms with Crippen LogP contribution in [0, 0.1) is 0 Å². The maximum absolute atomic E-state index is 10.8. The van der Waals surface area contributed by atoms with Gasteiger partial charge in [-0.05, 0) is 48.4 Å². The molecule has 0 saturated carbocycles. The van der Waals surface area contributed by atoms with Gasteiger partial charge < -0.3 is 10.0 Å². The fourth-order valence-corrected chi connectivity index (χ4v) is 2.20. The summed E-state index contributed by atoms with van der Waals surface area (Å²) in [7, 11) is 2.01. The summed E-state index contributed by atoms with van der Waals surface area (Å²) in [5.41, 5.74) is 2.62. The Labute approximate surface area is 127 Å². The highest BCUT2D eigenvalue weighted by Crippen LogP contribution is 2.15. The third-order valence-electron chi connectivity index (χ3n) is 3.20. The normalized spacial score (nSPS) is 10.3. The van der Waals surface area contributed by atoms with Gasteiger partial charge in [-0.25, -0.2) is 4.79 Å². The summed E-state index contributed by atoms with van der Waals surface area (Å²) in [6.07, 6.45) is 0.949. The molecular formula is C16H16BrNO2. The van der Waals surface area contributed by atoms with Gasteiger partial charge in [-0.1, -0.05) is 28.1 Å². The number of hydrogen-bond donors (Lipinski definition) is 1. The zero-order chi connectivity index (χ0) is 14.5. The second-order valence-corrected chi connectivity index (χ2v) is 5.57. The molecule has 4 heteroatoms. The number of likely N-dealkylation sites (N-methyl/N-ethyl adjacent to an activating group) is 1. The van der Waals surface area contributed by atoms with Crippen molar-refractivity contribution in [1.82, 2.24) is 0 Å². The van der Waals surface area contributed by atoms with E-state index in [-0.39, 0.29) is 0 Å². The average Bonchev–Trinajstić information content (AvgIpc) is 2.46. The SMILES string of the molecule is CN(CCc1ccc(Br)cc1)c1ccc(C(=O)O)cc1. The van der Waals surface area contributed by atoms with E-state index < -0.39 is 5.97 Å². The van der Waals surface area contributed by atoms with E-state index in [0.717, 1.165) is 23.1 Å². The van der Waals surface area contributed by atoms with Crippen LogP contribution < -0.4 is 4.90 Å². The number of carboxylic acid groups (broad SMARTS) is 1. The van der Waals surface area contributed by atoms with Crippen LogP contribution in [0.4, 0.5) is 5.69 Å². The van der Waals surface area contributed by atoms with Crippen LogP contribution in [-0.2, 0) is 6.42 Å². The highest BCUT2D eigenvalue weighted by molar-refractivity contribution is 9.10. The third kappa shape index (κ3) is 3.84. The first-order valence-corrected chi connectivity index (χ1v) is 7.14. The van der Waals surface area contributed by atoms with Crippen LogP contribution in [-0.4, -0.2) is 24.7 Å². The van der Waals surface area contributed by atoms with Crippen molar-refractivity contribution in [3.05, 3.63) is 64.1 Å². The molecule has 0 fully saturated rings. The number of hydrogen-bond acceptors (Lipinski definition) is 2. The fraction of sp³-hybridized carbons (Fsp3) is 0.188. The number of rotatable bonds is 5. The Morgan fingerprint density at radius 2 is 1.70 bits per heavy atom. The van der Waals surface area contributed by atoms with Crippen LogP contribution in [0.15, 0.2) is 53.0 Å². The van der Waals surface area contributed by atoms with Crippen molar-refractivity contribution in [2.24, 2.45) is 0 Å². The predicted octanol–water partition coefficient (Wildman–Crippen LogP) is 3.83. The molecule has 2 aromatic carbocycles. The van der Waals surface area contributed by atoms with Gasteiger partial charge in [-0.3, -0.25) is 0 Å². The van der Waals surface area contributed by atoms with Crippen molar-refractivity contribution in [3.63, 3.8) is 0 Å². The molecule has 0 spiro atoms. The molecule has 0 aliphatic rings. The summed E-state index contributed by atoms with van der Waals surface area (Å²) >= 11 is 3.42. The highest BCUT2D eigenvalue weighted by atomic mass is 79.9. The van der Waals surface area contributed by atoms with Gasteiger partial charge in [0.25, 0.3) is 0 Å². The molecule has 0 heterocycles. The molecule has 0 atom stereocenters. The average molecular weight is 334 g/mol. The van der Waals surface area contributed by atoms with Gasteiger partial charge in [0.15, 0.2) is 0 Å². The van der Waals surface area contributed by atoms with Gasteiger partial charge in [-0.15, -0.1) is 0 Å². The zero-order valence-corrected chi connectivity index (χ0v) is 12.8. The molecule has 0 aromatic heterocycles. The van der Waals surface area contributed by atoms with E-state index in [9.17, 15) is 4.79 Å². The van der Waals surface area contributed by atoms with Crippen LogP contribution in [0.5, 0.6) is 0 Å². The Bertz CT molecular complexity index is 578. The molecule has 20 heavy (non-hydrogen) atoms. The first-order valence-electron chi connectivity index (χ1n) is 6.35. The Morgan fingerprint density at radius 3 is 2.25 bits per heavy atom. The van der Waals surface area contributed by atoms with E-state index in [2.05, 4.69) is 33.0 Å². The lowest BCUT2D eigenvalue weighted by Gasteiger charge is -2.19. The van der Waals surface area contributed by atoms with Crippen LogP contribution in [0.2, 0.25) is 0 Å². The molecule has 0 saturated heterocycles. The number of anilines is 1. The number of aromatic carboxylic acids is 1. The van der Waals surface area contributed by atoms with Gasteiger partial charge in [0.2, 0.25) is 0 Å². The smallest absolute Gasteiger partial charge is 0.335 e. The number of carbonyl (C=O) groups is 1.